The molecule has 11 heteroatoms. The van der Waals surface area contributed by atoms with Crippen LogP contribution in [0.4, 0.5) is 24.5 Å². The van der Waals surface area contributed by atoms with Crippen LogP contribution in [0.1, 0.15) is 23.0 Å². The van der Waals surface area contributed by atoms with Crippen LogP contribution in [0.2, 0.25) is 0 Å². The van der Waals surface area contributed by atoms with Crippen LogP contribution in [-0.2, 0) is 13.2 Å². The number of aromatic nitrogens is 2. The van der Waals surface area contributed by atoms with Gasteiger partial charge in [-0.15, -0.1) is 0 Å². The smallest absolute Gasteiger partial charge is 0.416 e. The number of aryl methyl sites for hydroxylation is 1. The molecule has 31 heavy (non-hydrogen) atoms. The van der Waals surface area contributed by atoms with Crippen LogP contribution in [-0.4, -0.2) is 28.7 Å². The number of hydrogen-bond acceptors (Lipinski definition) is 6. The number of nitrogens with one attached hydrogen (secondary N) is 1. The molecule has 2 aromatic carbocycles. The fourth-order valence-corrected chi connectivity index (χ4v) is 3.08. The molecule has 0 aliphatic heterocycles. The summed E-state index contributed by atoms with van der Waals surface area (Å²) in [6.07, 6.45) is -1.48. The van der Waals surface area contributed by atoms with Gasteiger partial charge in [-0.1, -0.05) is 0 Å². The van der Waals surface area contributed by atoms with Crippen molar-refractivity contribution in [2.45, 2.75) is 12.2 Å². The molecule has 0 fully saturated rings. The molecule has 0 bridgehead atoms. The number of benzene rings is 2. The van der Waals surface area contributed by atoms with Crippen molar-refractivity contribution in [1.29, 1.82) is 0 Å². The third-order valence-electron chi connectivity index (χ3n) is 4.65. The second kappa shape index (κ2) is 8.54. The number of ether oxygens (including phenoxy) is 2. The van der Waals surface area contributed by atoms with Crippen LogP contribution in [0.15, 0.2) is 48.8 Å². The lowest BCUT2D eigenvalue weighted by molar-refractivity contribution is -0.384. The molecule has 1 heterocycles. The lowest BCUT2D eigenvalue weighted by Gasteiger charge is -2.22. The van der Waals surface area contributed by atoms with Gasteiger partial charge in [-0.05, 0) is 29.8 Å². The van der Waals surface area contributed by atoms with Gasteiger partial charge in [-0.25, -0.2) is 4.98 Å². The van der Waals surface area contributed by atoms with Crippen LogP contribution in [0.5, 0.6) is 11.5 Å². The van der Waals surface area contributed by atoms with Crippen molar-refractivity contribution in [3.63, 3.8) is 0 Å². The number of halogens is 3. The lowest BCUT2D eigenvalue weighted by atomic mass is 10.0. The molecule has 0 aliphatic carbocycles. The number of hydrogen-bond donors (Lipinski definition) is 1. The fourth-order valence-electron chi connectivity index (χ4n) is 3.08. The zero-order valence-corrected chi connectivity index (χ0v) is 16.8. The summed E-state index contributed by atoms with van der Waals surface area (Å²) < 4.78 is 51.4. The summed E-state index contributed by atoms with van der Waals surface area (Å²) in [6, 6.07) is 6.60. The molecule has 8 nitrogen and oxygen atoms in total. The summed E-state index contributed by atoms with van der Waals surface area (Å²) in [5.74, 6) is 1.42. The Morgan fingerprint density at radius 2 is 1.77 bits per heavy atom. The minimum atomic E-state index is -4.71. The van der Waals surface area contributed by atoms with Crippen molar-refractivity contribution < 1.29 is 27.6 Å². The van der Waals surface area contributed by atoms with E-state index in [2.05, 4.69) is 10.3 Å². The van der Waals surface area contributed by atoms with Gasteiger partial charge in [0.05, 0.1) is 24.7 Å². The first-order valence-corrected chi connectivity index (χ1v) is 8.96. The SMILES string of the molecule is COc1cc(OC)cc(C(Nc2ccc(C(F)(F)F)cc2[N+](=O)[O-])c2nccn2C)c1. The summed E-state index contributed by atoms with van der Waals surface area (Å²) in [4.78, 5) is 14.9. The average Bonchev–Trinajstić information content (AvgIpc) is 3.16. The van der Waals surface area contributed by atoms with E-state index in [-0.39, 0.29) is 5.69 Å². The molecular formula is C20H19F3N4O4. The van der Waals surface area contributed by atoms with Crippen LogP contribution < -0.4 is 14.8 Å². The Balaban J connectivity index is 2.14. The van der Waals surface area contributed by atoms with E-state index in [1.54, 1.807) is 42.2 Å². The van der Waals surface area contributed by atoms with E-state index in [1.165, 1.54) is 14.2 Å². The van der Waals surface area contributed by atoms with Crippen molar-refractivity contribution >= 4 is 11.4 Å². The van der Waals surface area contributed by atoms with Gasteiger partial charge in [0.2, 0.25) is 0 Å². The third-order valence-corrected chi connectivity index (χ3v) is 4.65. The van der Waals surface area contributed by atoms with Gasteiger partial charge in [-0.3, -0.25) is 10.1 Å². The predicted octanol–water partition coefficient (Wildman–Crippen LogP) is 4.57. The zero-order valence-electron chi connectivity index (χ0n) is 16.8. The highest BCUT2D eigenvalue weighted by Crippen LogP contribution is 2.38. The highest BCUT2D eigenvalue weighted by atomic mass is 19.4. The largest absolute Gasteiger partial charge is 0.497 e. The van der Waals surface area contributed by atoms with E-state index in [0.717, 1.165) is 12.1 Å². The minimum absolute atomic E-state index is 0.0900. The highest BCUT2D eigenvalue weighted by Gasteiger charge is 2.33. The Hall–Kier alpha value is -3.76. The lowest BCUT2D eigenvalue weighted by Crippen LogP contribution is -2.18. The number of nitro groups is 1. The molecule has 1 aromatic heterocycles. The quantitative estimate of drug-likeness (QED) is 0.431. The molecule has 0 spiro atoms. The van der Waals surface area contributed by atoms with E-state index in [9.17, 15) is 23.3 Å². The summed E-state index contributed by atoms with van der Waals surface area (Å²) in [6.45, 7) is 0. The first-order chi connectivity index (χ1) is 14.6. The molecule has 0 amide bonds. The molecule has 1 N–H and O–H groups in total. The third kappa shape index (κ3) is 4.71. The normalized spacial score (nSPS) is 12.3. The fraction of sp³-hybridized carbons (Fsp3) is 0.250. The minimum Gasteiger partial charge on any atom is -0.497 e. The molecule has 0 saturated carbocycles. The van der Waals surface area contributed by atoms with Gasteiger partial charge in [0.15, 0.2) is 0 Å². The molecule has 3 rings (SSSR count). The van der Waals surface area contributed by atoms with Crippen LogP contribution in [0.3, 0.4) is 0 Å². The maximum Gasteiger partial charge on any atom is 0.416 e. The summed E-state index contributed by atoms with van der Waals surface area (Å²) in [5, 5.41) is 14.5. The summed E-state index contributed by atoms with van der Waals surface area (Å²) >= 11 is 0. The van der Waals surface area contributed by atoms with Crippen molar-refractivity contribution in [3.05, 3.63) is 75.9 Å². The average molecular weight is 436 g/mol. The Labute approximate surface area is 175 Å². The Kier molecular flexibility index (Phi) is 6.04. The van der Waals surface area contributed by atoms with Crippen LogP contribution >= 0.6 is 0 Å². The molecule has 1 atom stereocenters. The second-order valence-electron chi connectivity index (χ2n) is 6.61. The molecule has 0 aliphatic rings. The van der Waals surface area contributed by atoms with E-state index < -0.39 is 28.4 Å². The van der Waals surface area contributed by atoms with Gasteiger partial charge in [-0.2, -0.15) is 13.2 Å². The maximum atomic E-state index is 13.0. The van der Waals surface area contributed by atoms with Crippen LogP contribution in [0, 0.1) is 10.1 Å². The Morgan fingerprint density at radius 3 is 2.26 bits per heavy atom. The zero-order chi connectivity index (χ0) is 22.8. The van der Waals surface area contributed by atoms with E-state index in [4.69, 9.17) is 9.47 Å². The molecule has 0 saturated heterocycles. The van der Waals surface area contributed by atoms with Gasteiger partial charge >= 0.3 is 6.18 Å². The highest BCUT2D eigenvalue weighted by molar-refractivity contribution is 5.64. The number of nitrogens with zero attached hydrogens (tertiary/aromatic N) is 3. The van der Waals surface area contributed by atoms with Gasteiger partial charge in [0.25, 0.3) is 5.69 Å². The molecule has 0 radical (unpaired) electrons. The number of rotatable bonds is 7. The first-order valence-electron chi connectivity index (χ1n) is 8.96. The maximum absolute atomic E-state index is 13.0. The summed E-state index contributed by atoms with van der Waals surface area (Å²) in [7, 11) is 4.68. The molecule has 164 valence electrons. The first kappa shape index (κ1) is 21.9. The Bertz CT molecular complexity index is 1080. The van der Waals surface area contributed by atoms with Crippen LogP contribution in [0.25, 0.3) is 0 Å². The number of nitro benzene ring substituents is 1. The topological polar surface area (TPSA) is 91.4 Å². The van der Waals surface area contributed by atoms with Crippen molar-refractivity contribution in [2.24, 2.45) is 7.05 Å². The molecular weight excluding hydrogens is 417 g/mol. The van der Waals surface area contributed by atoms with Crippen molar-refractivity contribution in [1.82, 2.24) is 9.55 Å². The second-order valence-corrected chi connectivity index (χ2v) is 6.61. The molecule has 3 aromatic rings. The van der Waals surface area contributed by atoms with Gasteiger partial charge in [0.1, 0.15) is 29.1 Å². The monoisotopic (exact) mass is 436 g/mol. The van der Waals surface area contributed by atoms with Crippen molar-refractivity contribution in [3.8, 4) is 11.5 Å². The number of imidazole rings is 1. The van der Waals surface area contributed by atoms with E-state index >= 15 is 0 Å². The summed E-state index contributed by atoms with van der Waals surface area (Å²) in [5.41, 5.74) is -1.32. The standard InChI is InChI=1S/C20H19F3N4O4/c1-26-7-6-24-19(26)18(12-8-14(30-2)11-15(9-12)31-3)25-16-5-4-13(20(21,22)23)10-17(16)27(28)29/h4-11,18,25H,1-3H3. The molecule has 1 unspecified atom stereocenters. The number of alkyl halides is 3. The number of anilines is 1. The Morgan fingerprint density at radius 1 is 1.13 bits per heavy atom. The van der Waals surface area contributed by atoms with E-state index in [0.29, 0.717) is 29.0 Å². The van der Waals surface area contributed by atoms with Gasteiger partial charge in [0, 0.05) is 31.6 Å². The van der Waals surface area contributed by atoms with E-state index in [1.807, 2.05) is 0 Å². The number of methoxy groups -OCH3 is 2. The van der Waals surface area contributed by atoms with Crippen molar-refractivity contribution in [2.75, 3.05) is 19.5 Å². The predicted molar refractivity (Wildman–Crippen MR) is 106 cm³/mol. The van der Waals surface area contributed by atoms with Gasteiger partial charge < -0.3 is 19.4 Å².